The van der Waals surface area contributed by atoms with Crippen LogP contribution in [0.25, 0.3) is 0 Å². The number of aromatic nitrogens is 1. The van der Waals surface area contributed by atoms with Crippen molar-refractivity contribution in [2.45, 2.75) is 32.6 Å². The zero-order valence-corrected chi connectivity index (χ0v) is 11.9. The van der Waals surface area contributed by atoms with E-state index in [9.17, 15) is 13.2 Å². The van der Waals surface area contributed by atoms with Gasteiger partial charge in [-0.05, 0) is 48.7 Å². The Morgan fingerprint density at radius 3 is 2.38 bits per heavy atom. The quantitative estimate of drug-likeness (QED) is 0.911. The van der Waals surface area contributed by atoms with Crippen molar-refractivity contribution < 1.29 is 13.2 Å². The van der Waals surface area contributed by atoms with E-state index < -0.39 is 11.7 Å². The van der Waals surface area contributed by atoms with Crippen molar-refractivity contribution in [3.8, 4) is 0 Å². The Labute approximate surface area is 122 Å². The first-order chi connectivity index (χ1) is 9.88. The molecule has 1 heterocycles. The number of pyridine rings is 1. The molecule has 0 saturated carbocycles. The predicted molar refractivity (Wildman–Crippen MR) is 75.7 cm³/mol. The van der Waals surface area contributed by atoms with Crippen LogP contribution < -0.4 is 5.32 Å². The van der Waals surface area contributed by atoms with Gasteiger partial charge in [0.2, 0.25) is 0 Å². The number of rotatable bonds is 4. The minimum Gasteiger partial charge on any atom is -0.306 e. The standard InChI is InChI=1S/C16H17F3N2/c1-11-9-20-8-7-14(11)10-21-12(2)13-3-5-15(6-4-13)16(17,18)19/h3-9,12,21H,10H2,1-2H3. The summed E-state index contributed by atoms with van der Waals surface area (Å²) in [5, 5.41) is 3.31. The molecule has 2 aromatic rings. The van der Waals surface area contributed by atoms with Gasteiger partial charge in [0.1, 0.15) is 0 Å². The Morgan fingerprint density at radius 2 is 1.81 bits per heavy atom. The highest BCUT2D eigenvalue weighted by Crippen LogP contribution is 2.29. The van der Waals surface area contributed by atoms with E-state index in [1.54, 1.807) is 12.4 Å². The monoisotopic (exact) mass is 294 g/mol. The van der Waals surface area contributed by atoms with Gasteiger partial charge >= 0.3 is 6.18 Å². The molecule has 0 bridgehead atoms. The van der Waals surface area contributed by atoms with Crippen LogP contribution in [-0.2, 0) is 12.7 Å². The average Bonchev–Trinajstić information content (AvgIpc) is 2.45. The molecule has 112 valence electrons. The molecule has 0 amide bonds. The molecule has 0 spiro atoms. The van der Waals surface area contributed by atoms with Crippen LogP contribution in [-0.4, -0.2) is 4.98 Å². The Hall–Kier alpha value is -1.88. The minimum absolute atomic E-state index is 0.0279. The molecule has 5 heteroatoms. The number of nitrogens with one attached hydrogen (secondary N) is 1. The van der Waals surface area contributed by atoms with E-state index in [0.717, 1.165) is 28.8 Å². The summed E-state index contributed by atoms with van der Waals surface area (Å²) >= 11 is 0. The first-order valence-corrected chi connectivity index (χ1v) is 6.68. The van der Waals surface area contributed by atoms with Gasteiger partial charge in [-0.25, -0.2) is 0 Å². The maximum Gasteiger partial charge on any atom is 0.416 e. The second-order valence-corrected chi connectivity index (χ2v) is 5.02. The first-order valence-electron chi connectivity index (χ1n) is 6.68. The van der Waals surface area contributed by atoms with Gasteiger partial charge in [-0.2, -0.15) is 13.2 Å². The summed E-state index contributed by atoms with van der Waals surface area (Å²) in [5.41, 5.74) is 2.42. The third-order valence-electron chi connectivity index (χ3n) is 3.47. The molecule has 2 nitrogen and oxygen atoms in total. The van der Waals surface area contributed by atoms with Crippen molar-refractivity contribution in [3.63, 3.8) is 0 Å². The average molecular weight is 294 g/mol. The van der Waals surface area contributed by atoms with Crippen molar-refractivity contribution >= 4 is 0 Å². The topological polar surface area (TPSA) is 24.9 Å². The number of alkyl halides is 3. The summed E-state index contributed by atoms with van der Waals surface area (Å²) in [7, 11) is 0. The smallest absolute Gasteiger partial charge is 0.306 e. The molecule has 0 aliphatic carbocycles. The first kappa shape index (κ1) is 15.5. The van der Waals surface area contributed by atoms with Gasteiger partial charge in [0.25, 0.3) is 0 Å². The lowest BCUT2D eigenvalue weighted by atomic mass is 10.1. The van der Waals surface area contributed by atoms with E-state index in [-0.39, 0.29) is 6.04 Å². The lowest BCUT2D eigenvalue weighted by Gasteiger charge is -2.16. The largest absolute Gasteiger partial charge is 0.416 e. The number of halogens is 3. The molecular weight excluding hydrogens is 277 g/mol. The molecule has 1 atom stereocenters. The molecule has 0 aliphatic rings. The molecule has 1 N–H and O–H groups in total. The molecule has 2 rings (SSSR count). The molecule has 21 heavy (non-hydrogen) atoms. The highest BCUT2D eigenvalue weighted by molar-refractivity contribution is 5.27. The van der Waals surface area contributed by atoms with Crippen LogP contribution >= 0.6 is 0 Å². The van der Waals surface area contributed by atoms with Crippen LogP contribution in [0.5, 0.6) is 0 Å². The van der Waals surface area contributed by atoms with Crippen LogP contribution in [0.2, 0.25) is 0 Å². The Morgan fingerprint density at radius 1 is 1.14 bits per heavy atom. The number of benzene rings is 1. The van der Waals surface area contributed by atoms with E-state index in [2.05, 4.69) is 10.3 Å². The Kier molecular flexibility index (Phi) is 4.63. The molecule has 0 aliphatic heterocycles. The number of nitrogens with zero attached hydrogens (tertiary/aromatic N) is 1. The van der Waals surface area contributed by atoms with Gasteiger partial charge in [-0.1, -0.05) is 12.1 Å². The zero-order chi connectivity index (χ0) is 15.5. The molecule has 0 radical (unpaired) electrons. The van der Waals surface area contributed by atoms with E-state index >= 15 is 0 Å². The van der Waals surface area contributed by atoms with Crippen LogP contribution in [0.1, 0.15) is 35.2 Å². The maximum absolute atomic E-state index is 12.5. The number of hydrogen-bond acceptors (Lipinski definition) is 2. The Bertz CT molecular complexity index is 591. The zero-order valence-electron chi connectivity index (χ0n) is 11.9. The molecule has 0 fully saturated rings. The third-order valence-corrected chi connectivity index (χ3v) is 3.47. The van der Waals surface area contributed by atoms with Crippen LogP contribution in [0.15, 0.2) is 42.7 Å². The van der Waals surface area contributed by atoms with Crippen molar-refractivity contribution in [2.75, 3.05) is 0 Å². The lowest BCUT2D eigenvalue weighted by molar-refractivity contribution is -0.137. The second-order valence-electron chi connectivity index (χ2n) is 5.02. The molecule has 0 saturated heterocycles. The Balaban J connectivity index is 2.01. The fourth-order valence-electron chi connectivity index (χ4n) is 2.04. The van der Waals surface area contributed by atoms with Crippen molar-refractivity contribution in [1.82, 2.24) is 10.3 Å². The normalized spacial score (nSPS) is 13.2. The van der Waals surface area contributed by atoms with Gasteiger partial charge in [0.05, 0.1) is 5.56 Å². The number of aryl methyl sites for hydroxylation is 1. The van der Waals surface area contributed by atoms with Crippen LogP contribution in [0.4, 0.5) is 13.2 Å². The van der Waals surface area contributed by atoms with E-state index in [1.807, 2.05) is 19.9 Å². The van der Waals surface area contributed by atoms with Gasteiger partial charge in [0, 0.05) is 25.0 Å². The molecular formula is C16H17F3N2. The van der Waals surface area contributed by atoms with E-state index in [1.165, 1.54) is 12.1 Å². The summed E-state index contributed by atoms with van der Waals surface area (Å²) in [6.45, 7) is 4.56. The summed E-state index contributed by atoms with van der Waals surface area (Å²) in [5.74, 6) is 0. The highest BCUT2D eigenvalue weighted by atomic mass is 19.4. The predicted octanol–water partition coefficient (Wildman–Crippen LogP) is 4.26. The summed E-state index contributed by atoms with van der Waals surface area (Å²) in [6, 6.07) is 7.16. The number of hydrogen-bond donors (Lipinski definition) is 1. The van der Waals surface area contributed by atoms with Crippen LogP contribution in [0, 0.1) is 6.92 Å². The highest BCUT2D eigenvalue weighted by Gasteiger charge is 2.30. The lowest BCUT2D eigenvalue weighted by Crippen LogP contribution is -2.19. The molecule has 1 aromatic carbocycles. The van der Waals surface area contributed by atoms with Gasteiger partial charge in [-0.15, -0.1) is 0 Å². The van der Waals surface area contributed by atoms with E-state index in [4.69, 9.17) is 0 Å². The van der Waals surface area contributed by atoms with Crippen molar-refractivity contribution in [1.29, 1.82) is 0 Å². The van der Waals surface area contributed by atoms with E-state index in [0.29, 0.717) is 6.54 Å². The second kappa shape index (κ2) is 6.26. The maximum atomic E-state index is 12.5. The van der Waals surface area contributed by atoms with Gasteiger partial charge < -0.3 is 5.32 Å². The van der Waals surface area contributed by atoms with Crippen LogP contribution in [0.3, 0.4) is 0 Å². The molecule has 1 unspecified atom stereocenters. The van der Waals surface area contributed by atoms with Crippen molar-refractivity contribution in [2.24, 2.45) is 0 Å². The summed E-state index contributed by atoms with van der Waals surface area (Å²) in [6.07, 6.45) is -0.768. The fraction of sp³-hybridized carbons (Fsp3) is 0.312. The minimum atomic E-state index is -4.29. The third kappa shape index (κ3) is 4.04. The summed E-state index contributed by atoms with van der Waals surface area (Å²) < 4.78 is 37.5. The molecule has 1 aromatic heterocycles. The van der Waals surface area contributed by atoms with Gasteiger partial charge in [-0.3, -0.25) is 4.98 Å². The summed E-state index contributed by atoms with van der Waals surface area (Å²) in [4.78, 5) is 4.03. The SMILES string of the molecule is Cc1cnccc1CNC(C)c1ccc(C(F)(F)F)cc1. The fourth-order valence-corrected chi connectivity index (χ4v) is 2.04. The van der Waals surface area contributed by atoms with Crippen molar-refractivity contribution in [3.05, 3.63) is 65.0 Å². The van der Waals surface area contributed by atoms with Gasteiger partial charge in [0.15, 0.2) is 0 Å².